The van der Waals surface area contributed by atoms with Crippen molar-refractivity contribution in [1.29, 1.82) is 0 Å². The van der Waals surface area contributed by atoms with E-state index in [0.717, 1.165) is 11.5 Å². The number of aliphatic hydroxyl groups is 1. The van der Waals surface area contributed by atoms with E-state index in [1.807, 2.05) is 29.9 Å². The topological polar surface area (TPSA) is 38.0 Å². The zero-order valence-corrected chi connectivity index (χ0v) is 9.87. The van der Waals surface area contributed by atoms with E-state index in [1.54, 1.807) is 6.20 Å². The van der Waals surface area contributed by atoms with Crippen molar-refractivity contribution < 1.29 is 5.11 Å². The largest absolute Gasteiger partial charge is 0.380 e. The molecule has 1 saturated carbocycles. The Morgan fingerprint density at radius 3 is 2.53 bits per heavy atom. The SMILES string of the molecule is Cn1ccnc1C(O)c1ccc(C2CC2)cc1. The Balaban J connectivity index is 1.86. The van der Waals surface area contributed by atoms with Crippen molar-refractivity contribution in [2.45, 2.75) is 24.9 Å². The second kappa shape index (κ2) is 4.00. The van der Waals surface area contributed by atoms with E-state index in [2.05, 4.69) is 17.1 Å². The minimum absolute atomic E-state index is 0.636. The number of hydrogen-bond donors (Lipinski definition) is 1. The maximum atomic E-state index is 10.2. The molecule has 0 saturated heterocycles. The molecule has 3 heteroatoms. The molecule has 17 heavy (non-hydrogen) atoms. The van der Waals surface area contributed by atoms with Crippen molar-refractivity contribution in [1.82, 2.24) is 9.55 Å². The van der Waals surface area contributed by atoms with Crippen LogP contribution in [0.4, 0.5) is 0 Å². The van der Waals surface area contributed by atoms with Crippen LogP contribution in [0.15, 0.2) is 36.7 Å². The lowest BCUT2D eigenvalue weighted by atomic mass is 10.0. The Labute approximate surface area is 101 Å². The van der Waals surface area contributed by atoms with Gasteiger partial charge in [0, 0.05) is 19.4 Å². The lowest BCUT2D eigenvalue weighted by molar-refractivity contribution is 0.206. The maximum absolute atomic E-state index is 10.2. The van der Waals surface area contributed by atoms with Crippen LogP contribution in [0.3, 0.4) is 0 Å². The molecule has 1 fully saturated rings. The lowest BCUT2D eigenvalue weighted by Crippen LogP contribution is -2.06. The van der Waals surface area contributed by atoms with Gasteiger partial charge in [-0.05, 0) is 29.9 Å². The molecule has 1 heterocycles. The number of benzene rings is 1. The minimum atomic E-state index is -0.636. The molecule has 1 aromatic carbocycles. The summed E-state index contributed by atoms with van der Waals surface area (Å²) in [7, 11) is 1.89. The van der Waals surface area contributed by atoms with Crippen molar-refractivity contribution in [2.24, 2.45) is 7.05 Å². The van der Waals surface area contributed by atoms with E-state index < -0.39 is 6.10 Å². The fourth-order valence-electron chi connectivity index (χ4n) is 2.16. The van der Waals surface area contributed by atoms with Crippen LogP contribution in [0.1, 0.15) is 41.8 Å². The van der Waals surface area contributed by atoms with Gasteiger partial charge in [0.1, 0.15) is 11.9 Å². The third kappa shape index (κ3) is 1.98. The van der Waals surface area contributed by atoms with Gasteiger partial charge in [-0.1, -0.05) is 24.3 Å². The third-order valence-corrected chi connectivity index (χ3v) is 3.40. The summed E-state index contributed by atoms with van der Waals surface area (Å²) < 4.78 is 1.85. The highest BCUT2D eigenvalue weighted by molar-refractivity contribution is 5.31. The van der Waals surface area contributed by atoms with E-state index in [0.29, 0.717) is 5.82 Å². The molecule has 1 unspecified atom stereocenters. The molecule has 1 N–H and O–H groups in total. The predicted molar refractivity (Wildman–Crippen MR) is 65.7 cm³/mol. The molecule has 0 spiro atoms. The fourth-order valence-corrected chi connectivity index (χ4v) is 2.16. The van der Waals surface area contributed by atoms with E-state index in [-0.39, 0.29) is 0 Å². The summed E-state index contributed by atoms with van der Waals surface area (Å²) in [6, 6.07) is 8.26. The van der Waals surface area contributed by atoms with Crippen LogP contribution in [0.5, 0.6) is 0 Å². The first-order valence-electron chi connectivity index (χ1n) is 6.01. The monoisotopic (exact) mass is 228 g/mol. The molecule has 1 aliphatic carbocycles. The Morgan fingerprint density at radius 2 is 2.00 bits per heavy atom. The zero-order chi connectivity index (χ0) is 11.8. The summed E-state index contributed by atoms with van der Waals surface area (Å²) in [4.78, 5) is 4.17. The molecule has 0 radical (unpaired) electrons. The summed E-state index contributed by atoms with van der Waals surface area (Å²) >= 11 is 0. The summed E-state index contributed by atoms with van der Waals surface area (Å²) in [5.74, 6) is 1.44. The average molecular weight is 228 g/mol. The van der Waals surface area contributed by atoms with Crippen LogP contribution in [0.25, 0.3) is 0 Å². The summed E-state index contributed by atoms with van der Waals surface area (Å²) in [6.45, 7) is 0. The van der Waals surface area contributed by atoms with Crippen LogP contribution >= 0.6 is 0 Å². The Morgan fingerprint density at radius 1 is 1.29 bits per heavy atom. The van der Waals surface area contributed by atoms with Crippen LogP contribution in [0.2, 0.25) is 0 Å². The van der Waals surface area contributed by atoms with Crippen molar-refractivity contribution >= 4 is 0 Å². The van der Waals surface area contributed by atoms with E-state index >= 15 is 0 Å². The molecule has 1 atom stereocenters. The first-order chi connectivity index (χ1) is 8.25. The van der Waals surface area contributed by atoms with Gasteiger partial charge in [0.15, 0.2) is 0 Å². The highest BCUT2D eigenvalue weighted by atomic mass is 16.3. The first-order valence-corrected chi connectivity index (χ1v) is 6.01. The summed E-state index contributed by atoms with van der Waals surface area (Å²) in [6.07, 6.45) is 5.53. The fraction of sp³-hybridized carbons (Fsp3) is 0.357. The Bertz CT molecular complexity index is 511. The highest BCUT2D eigenvalue weighted by Crippen LogP contribution is 2.40. The number of imidazole rings is 1. The quantitative estimate of drug-likeness (QED) is 0.875. The molecule has 0 aliphatic heterocycles. The van der Waals surface area contributed by atoms with Crippen LogP contribution in [0, 0.1) is 0 Å². The van der Waals surface area contributed by atoms with E-state index in [1.165, 1.54) is 18.4 Å². The summed E-state index contributed by atoms with van der Waals surface area (Å²) in [5.41, 5.74) is 2.30. The molecule has 2 aromatic rings. The standard InChI is InChI=1S/C14H16N2O/c1-16-9-8-15-14(16)13(17)12-6-4-11(5-7-12)10-2-3-10/h4-10,13,17H,2-3H2,1H3. The van der Waals surface area contributed by atoms with Crippen molar-refractivity contribution in [3.05, 3.63) is 53.6 Å². The number of aromatic nitrogens is 2. The van der Waals surface area contributed by atoms with Gasteiger partial charge in [-0.3, -0.25) is 0 Å². The number of nitrogens with zero attached hydrogens (tertiary/aromatic N) is 2. The number of aryl methyl sites for hydroxylation is 1. The van der Waals surface area contributed by atoms with Crippen molar-refractivity contribution in [2.75, 3.05) is 0 Å². The Kier molecular flexibility index (Phi) is 2.48. The van der Waals surface area contributed by atoms with Crippen molar-refractivity contribution in [3.63, 3.8) is 0 Å². The van der Waals surface area contributed by atoms with Gasteiger partial charge in [0.2, 0.25) is 0 Å². The van der Waals surface area contributed by atoms with Gasteiger partial charge in [0.05, 0.1) is 0 Å². The molecular formula is C14H16N2O. The van der Waals surface area contributed by atoms with E-state index in [9.17, 15) is 5.11 Å². The van der Waals surface area contributed by atoms with Gasteiger partial charge >= 0.3 is 0 Å². The number of rotatable bonds is 3. The molecule has 0 amide bonds. The number of hydrogen-bond acceptors (Lipinski definition) is 2. The molecule has 0 bridgehead atoms. The molecule has 88 valence electrons. The molecule has 1 aliphatic rings. The second-order valence-electron chi connectivity index (χ2n) is 4.74. The third-order valence-electron chi connectivity index (χ3n) is 3.40. The minimum Gasteiger partial charge on any atom is -0.380 e. The van der Waals surface area contributed by atoms with Crippen molar-refractivity contribution in [3.8, 4) is 0 Å². The molecule has 3 rings (SSSR count). The van der Waals surface area contributed by atoms with Crippen LogP contribution < -0.4 is 0 Å². The van der Waals surface area contributed by atoms with Gasteiger partial charge in [0.25, 0.3) is 0 Å². The second-order valence-corrected chi connectivity index (χ2v) is 4.74. The van der Waals surface area contributed by atoms with Gasteiger partial charge in [-0.2, -0.15) is 0 Å². The normalized spacial score (nSPS) is 17.1. The number of aliphatic hydroxyl groups excluding tert-OH is 1. The van der Waals surface area contributed by atoms with Crippen LogP contribution in [-0.4, -0.2) is 14.7 Å². The Hall–Kier alpha value is -1.61. The van der Waals surface area contributed by atoms with Gasteiger partial charge in [-0.15, -0.1) is 0 Å². The zero-order valence-electron chi connectivity index (χ0n) is 9.87. The summed E-state index contributed by atoms with van der Waals surface area (Å²) in [5, 5.41) is 10.2. The van der Waals surface area contributed by atoms with Gasteiger partial charge < -0.3 is 9.67 Å². The molecule has 1 aromatic heterocycles. The molecule has 3 nitrogen and oxygen atoms in total. The first kappa shape index (κ1) is 10.5. The average Bonchev–Trinajstić information content (AvgIpc) is 3.12. The van der Waals surface area contributed by atoms with Gasteiger partial charge in [-0.25, -0.2) is 4.98 Å². The molecular weight excluding hydrogens is 212 g/mol. The lowest BCUT2D eigenvalue weighted by Gasteiger charge is -2.11. The maximum Gasteiger partial charge on any atom is 0.142 e. The smallest absolute Gasteiger partial charge is 0.142 e. The van der Waals surface area contributed by atoms with Crippen LogP contribution in [-0.2, 0) is 7.05 Å². The van der Waals surface area contributed by atoms with E-state index in [4.69, 9.17) is 0 Å². The predicted octanol–water partition coefficient (Wildman–Crippen LogP) is 2.38. The highest BCUT2D eigenvalue weighted by Gasteiger charge is 2.23.